The number of para-hydroxylation sites is 2. The van der Waals surface area contributed by atoms with Crippen molar-refractivity contribution in [2.24, 2.45) is 0 Å². The Morgan fingerprint density at radius 2 is 1.79 bits per heavy atom. The lowest BCUT2D eigenvalue weighted by Gasteiger charge is -2.36. The normalized spacial score (nSPS) is 17.0. The number of amides is 2. The summed E-state index contributed by atoms with van der Waals surface area (Å²) in [6.45, 7) is 4.28. The predicted molar refractivity (Wildman–Crippen MR) is 112 cm³/mol. The number of piperazine rings is 1. The van der Waals surface area contributed by atoms with Crippen molar-refractivity contribution in [3.05, 3.63) is 59.7 Å². The summed E-state index contributed by atoms with van der Waals surface area (Å²) in [6.07, 6.45) is 1.56. The third-order valence-corrected chi connectivity index (χ3v) is 5.71. The van der Waals surface area contributed by atoms with Crippen LogP contribution in [0.4, 0.5) is 5.69 Å². The molecular formula is C23H27N3O3. The summed E-state index contributed by atoms with van der Waals surface area (Å²) in [6, 6.07) is 15.7. The van der Waals surface area contributed by atoms with Gasteiger partial charge in [-0.25, -0.2) is 0 Å². The average Bonchev–Trinajstić information content (AvgIpc) is 3.18. The second-order valence-corrected chi connectivity index (χ2v) is 7.57. The fraction of sp³-hybridized carbons (Fsp3) is 0.391. The standard InChI is InChI=1S/C23H27N3O3/c1-29-21-9-3-2-8-20(21)24-12-14-25(15-13-24)23(28)19-7-4-6-18(16-19)17-26-11-5-10-22(26)27/h2-4,6-9,16H,5,10-15,17H2,1H3. The maximum atomic E-state index is 13.0. The van der Waals surface area contributed by atoms with Crippen LogP contribution >= 0.6 is 0 Å². The number of hydrogen-bond donors (Lipinski definition) is 0. The third-order valence-electron chi connectivity index (χ3n) is 5.71. The van der Waals surface area contributed by atoms with Crippen molar-refractivity contribution in [2.75, 3.05) is 44.7 Å². The van der Waals surface area contributed by atoms with E-state index < -0.39 is 0 Å². The van der Waals surface area contributed by atoms with E-state index in [1.807, 2.05) is 52.3 Å². The number of nitrogens with zero attached hydrogens (tertiary/aromatic N) is 3. The molecule has 2 saturated heterocycles. The van der Waals surface area contributed by atoms with Crippen molar-refractivity contribution >= 4 is 17.5 Å². The van der Waals surface area contributed by atoms with Crippen LogP contribution < -0.4 is 9.64 Å². The molecule has 0 aromatic heterocycles. The fourth-order valence-corrected chi connectivity index (χ4v) is 4.12. The first-order valence-corrected chi connectivity index (χ1v) is 10.2. The minimum atomic E-state index is 0.0549. The number of ether oxygens (including phenoxy) is 1. The van der Waals surface area contributed by atoms with Gasteiger partial charge < -0.3 is 19.4 Å². The highest BCUT2D eigenvalue weighted by atomic mass is 16.5. The van der Waals surface area contributed by atoms with E-state index in [1.54, 1.807) is 7.11 Å². The van der Waals surface area contributed by atoms with E-state index >= 15 is 0 Å². The molecule has 2 aliphatic heterocycles. The molecule has 2 aromatic rings. The molecule has 152 valence electrons. The van der Waals surface area contributed by atoms with Crippen LogP contribution in [0.25, 0.3) is 0 Å². The number of methoxy groups -OCH3 is 1. The van der Waals surface area contributed by atoms with Crippen molar-refractivity contribution < 1.29 is 14.3 Å². The molecule has 6 heteroatoms. The molecule has 29 heavy (non-hydrogen) atoms. The molecule has 0 N–H and O–H groups in total. The van der Waals surface area contributed by atoms with Gasteiger partial charge in [-0.2, -0.15) is 0 Å². The van der Waals surface area contributed by atoms with Gasteiger partial charge in [-0.3, -0.25) is 9.59 Å². The van der Waals surface area contributed by atoms with Crippen LogP contribution in [0, 0.1) is 0 Å². The van der Waals surface area contributed by atoms with E-state index in [4.69, 9.17) is 4.74 Å². The molecule has 2 aromatic carbocycles. The van der Waals surface area contributed by atoms with E-state index in [-0.39, 0.29) is 11.8 Å². The Morgan fingerprint density at radius 3 is 2.52 bits per heavy atom. The number of benzene rings is 2. The molecule has 0 bridgehead atoms. The van der Waals surface area contributed by atoms with Gasteiger partial charge in [0.1, 0.15) is 5.75 Å². The Balaban J connectivity index is 1.39. The van der Waals surface area contributed by atoms with Crippen LogP contribution in [0.3, 0.4) is 0 Å². The summed E-state index contributed by atoms with van der Waals surface area (Å²) in [7, 11) is 1.68. The zero-order valence-electron chi connectivity index (χ0n) is 16.8. The Hall–Kier alpha value is -3.02. The Labute approximate surface area is 171 Å². The van der Waals surface area contributed by atoms with E-state index in [2.05, 4.69) is 11.0 Å². The van der Waals surface area contributed by atoms with Gasteiger partial charge in [0, 0.05) is 51.3 Å². The van der Waals surface area contributed by atoms with Crippen molar-refractivity contribution in [3.63, 3.8) is 0 Å². The second-order valence-electron chi connectivity index (χ2n) is 7.57. The maximum absolute atomic E-state index is 13.0. The number of rotatable bonds is 5. The molecule has 2 amide bonds. The van der Waals surface area contributed by atoms with E-state index in [1.165, 1.54) is 0 Å². The monoisotopic (exact) mass is 393 g/mol. The first-order valence-electron chi connectivity index (χ1n) is 10.2. The van der Waals surface area contributed by atoms with Crippen molar-refractivity contribution in [1.82, 2.24) is 9.80 Å². The molecule has 4 rings (SSSR count). The highest BCUT2D eigenvalue weighted by molar-refractivity contribution is 5.94. The summed E-state index contributed by atoms with van der Waals surface area (Å²) in [4.78, 5) is 30.9. The lowest BCUT2D eigenvalue weighted by molar-refractivity contribution is -0.128. The summed E-state index contributed by atoms with van der Waals surface area (Å²) in [5.74, 6) is 1.12. The average molecular weight is 393 g/mol. The third kappa shape index (κ3) is 4.21. The van der Waals surface area contributed by atoms with Gasteiger partial charge in [0.15, 0.2) is 0 Å². The zero-order chi connectivity index (χ0) is 20.2. The molecule has 0 unspecified atom stereocenters. The lowest BCUT2D eigenvalue weighted by Crippen LogP contribution is -2.48. The van der Waals surface area contributed by atoms with E-state index in [0.29, 0.717) is 31.6 Å². The molecule has 0 radical (unpaired) electrons. The molecule has 6 nitrogen and oxygen atoms in total. The highest BCUT2D eigenvalue weighted by Gasteiger charge is 2.24. The molecule has 0 atom stereocenters. The lowest BCUT2D eigenvalue weighted by atomic mass is 10.1. The minimum Gasteiger partial charge on any atom is -0.495 e. The van der Waals surface area contributed by atoms with E-state index in [0.717, 1.165) is 43.1 Å². The van der Waals surface area contributed by atoms with Gasteiger partial charge in [0.25, 0.3) is 5.91 Å². The Bertz CT molecular complexity index is 890. The van der Waals surface area contributed by atoms with Crippen molar-refractivity contribution in [1.29, 1.82) is 0 Å². The first kappa shape index (κ1) is 19.3. The maximum Gasteiger partial charge on any atom is 0.253 e. The van der Waals surface area contributed by atoms with Crippen molar-refractivity contribution in [2.45, 2.75) is 19.4 Å². The summed E-state index contributed by atoms with van der Waals surface area (Å²) >= 11 is 0. The predicted octanol–water partition coefficient (Wildman–Crippen LogP) is 2.78. The minimum absolute atomic E-state index is 0.0549. The molecule has 2 aliphatic rings. The van der Waals surface area contributed by atoms with Gasteiger partial charge in [0.2, 0.25) is 5.91 Å². The van der Waals surface area contributed by atoms with Crippen LogP contribution in [0.5, 0.6) is 5.75 Å². The molecular weight excluding hydrogens is 366 g/mol. The van der Waals surface area contributed by atoms with Crippen molar-refractivity contribution in [3.8, 4) is 5.75 Å². The number of carbonyl (C=O) groups excluding carboxylic acids is 2. The Kier molecular flexibility index (Phi) is 5.69. The second kappa shape index (κ2) is 8.55. The SMILES string of the molecule is COc1ccccc1N1CCN(C(=O)c2cccc(CN3CCCC3=O)c2)CC1. The number of carbonyl (C=O) groups is 2. The summed E-state index contributed by atoms with van der Waals surface area (Å²) < 4.78 is 5.47. The van der Waals surface area contributed by atoms with Crippen LogP contribution in [0.1, 0.15) is 28.8 Å². The van der Waals surface area contributed by atoms with Gasteiger partial charge in [-0.15, -0.1) is 0 Å². The first-order chi connectivity index (χ1) is 14.2. The van der Waals surface area contributed by atoms with Gasteiger partial charge in [-0.05, 0) is 36.2 Å². The van der Waals surface area contributed by atoms with Crippen LogP contribution in [0.15, 0.2) is 48.5 Å². The number of hydrogen-bond acceptors (Lipinski definition) is 4. The Morgan fingerprint density at radius 1 is 1.00 bits per heavy atom. The van der Waals surface area contributed by atoms with Gasteiger partial charge in [0.05, 0.1) is 12.8 Å². The quantitative estimate of drug-likeness (QED) is 0.784. The topological polar surface area (TPSA) is 53.1 Å². The number of likely N-dealkylation sites (tertiary alicyclic amines) is 1. The summed E-state index contributed by atoms with van der Waals surface area (Å²) in [5.41, 5.74) is 2.78. The highest BCUT2D eigenvalue weighted by Crippen LogP contribution is 2.28. The molecule has 0 saturated carbocycles. The van der Waals surface area contributed by atoms with Crippen LogP contribution in [0.2, 0.25) is 0 Å². The smallest absolute Gasteiger partial charge is 0.253 e. The van der Waals surface area contributed by atoms with Crippen LogP contribution in [-0.2, 0) is 11.3 Å². The number of anilines is 1. The summed E-state index contributed by atoms with van der Waals surface area (Å²) in [5, 5.41) is 0. The van der Waals surface area contributed by atoms with E-state index in [9.17, 15) is 9.59 Å². The zero-order valence-corrected chi connectivity index (χ0v) is 16.8. The van der Waals surface area contributed by atoms with Gasteiger partial charge >= 0.3 is 0 Å². The molecule has 0 spiro atoms. The fourth-order valence-electron chi connectivity index (χ4n) is 4.12. The molecule has 2 fully saturated rings. The largest absolute Gasteiger partial charge is 0.495 e. The van der Waals surface area contributed by atoms with Gasteiger partial charge in [-0.1, -0.05) is 24.3 Å². The molecule has 2 heterocycles. The van der Waals surface area contributed by atoms with Crippen LogP contribution in [-0.4, -0.2) is 61.4 Å². The molecule has 0 aliphatic carbocycles.